The van der Waals surface area contributed by atoms with Crippen molar-refractivity contribution in [3.63, 3.8) is 0 Å². The molecule has 0 saturated carbocycles. The van der Waals surface area contributed by atoms with Gasteiger partial charge >= 0.3 is 124 Å². The zero-order valence-corrected chi connectivity index (χ0v) is 22.8. The summed E-state index contributed by atoms with van der Waals surface area (Å²) in [5.74, 6) is 0. The van der Waals surface area contributed by atoms with Crippen molar-refractivity contribution in [1.82, 2.24) is 0 Å². The van der Waals surface area contributed by atoms with E-state index in [-0.39, 0.29) is 35.9 Å². The predicted molar refractivity (Wildman–Crippen MR) is 105 cm³/mol. The third-order valence-corrected chi connectivity index (χ3v) is 3.33. The molecule has 35 heavy (non-hydrogen) atoms. The Kier molecular flexibility index (Phi) is 13.8. The van der Waals surface area contributed by atoms with Gasteiger partial charge < -0.3 is 98.7 Å². The fourth-order valence-corrected chi connectivity index (χ4v) is 2.13. The van der Waals surface area contributed by atoms with E-state index in [0.717, 1.165) is 0 Å². The molecular weight excluding hydrogens is 616 g/mol. The minimum atomic E-state index is -1.73. The van der Waals surface area contributed by atoms with Gasteiger partial charge in [0.1, 0.15) is 0 Å². The van der Waals surface area contributed by atoms with Crippen molar-refractivity contribution in [2.45, 2.75) is 0 Å². The molecule has 178 valence electrons. The molecule has 0 amide bonds. The summed E-state index contributed by atoms with van der Waals surface area (Å²) in [7, 11) is -18.0. The van der Waals surface area contributed by atoms with Crippen molar-refractivity contribution in [2.24, 2.45) is 0 Å². The van der Waals surface area contributed by atoms with E-state index in [9.17, 15) is 30.1 Å². The van der Waals surface area contributed by atoms with Gasteiger partial charge in [-0.1, -0.05) is 0 Å². The largest absolute Gasteiger partial charge is 0.833 e. The molecule has 6 rings (SSSR count). The zero-order chi connectivity index (χ0) is 23.5. The van der Waals surface area contributed by atoms with Crippen LogP contribution in [0.25, 0.3) is 0 Å². The molecule has 2 unspecified atom stereocenters. The van der Waals surface area contributed by atoms with E-state index in [4.69, 9.17) is 0 Å². The summed E-state index contributed by atoms with van der Waals surface area (Å²) >= 11 is 0. The van der Waals surface area contributed by atoms with Crippen LogP contribution in [-0.2, 0) is 68.6 Å². The van der Waals surface area contributed by atoms with Crippen LogP contribution >= 0.6 is 0 Å². The molecule has 6 radical (unpaired) electrons. The fourth-order valence-electron chi connectivity index (χ4n) is 2.13. The van der Waals surface area contributed by atoms with Gasteiger partial charge in [0.05, 0.1) is 0 Å². The molecule has 6 saturated heterocycles. The van der Waals surface area contributed by atoms with E-state index in [0.29, 0.717) is 0 Å². The van der Waals surface area contributed by atoms with Crippen molar-refractivity contribution in [2.75, 3.05) is 0 Å². The summed E-state index contributed by atoms with van der Waals surface area (Å²) in [5.41, 5.74) is 0. The fraction of sp³-hybridized carbons (Fsp3) is 0. The predicted octanol–water partition coefficient (Wildman–Crippen LogP) is -15.1. The molecule has 6 aliphatic rings. The Labute approximate surface area is 222 Å². The molecule has 0 aliphatic carbocycles. The van der Waals surface area contributed by atoms with Crippen molar-refractivity contribution in [1.29, 1.82) is 0 Å². The molecule has 2 atom stereocenters. The normalized spacial score (nSPS) is 23.1. The third-order valence-electron chi connectivity index (χ3n) is 3.33. The summed E-state index contributed by atoms with van der Waals surface area (Å²) < 4.78 is 65.6. The quantitative estimate of drug-likeness (QED) is 0.227. The smallest absolute Gasteiger partial charge is 0.597 e. The SMILES string of the molecule is [AsH3+3].[AsH3+3].[O-]B1OB2OB([O-])OB(O1)O2.[O-]B1OB2OB([O-])OB(O1)O2.[O-]B1OB2OB([O-])OB(O1)O2. The van der Waals surface area contributed by atoms with Gasteiger partial charge in [0.15, 0.2) is 0 Å². The van der Waals surface area contributed by atoms with Crippen LogP contribution < -0.4 is 30.1 Å². The first kappa shape index (κ1) is 32.3. The number of rotatable bonds is 0. The first-order valence-electron chi connectivity index (χ1n) is 8.49. The van der Waals surface area contributed by atoms with E-state index in [1.807, 2.05) is 0 Å². The van der Waals surface area contributed by atoms with Crippen molar-refractivity contribution >= 4 is 124 Å². The topological polar surface area (TPSA) is 277 Å². The summed E-state index contributed by atoms with van der Waals surface area (Å²) in [4.78, 5) is 0. The van der Waals surface area contributed by atoms with E-state index < -0.39 is 87.9 Å². The Bertz CT molecular complexity index is 439. The Balaban J connectivity index is 0.000000180. The van der Waals surface area contributed by atoms with Gasteiger partial charge in [0, 0.05) is 0 Å². The van der Waals surface area contributed by atoms with E-state index >= 15 is 0 Å². The molecule has 0 N–H and O–H groups in total. The molecule has 0 aromatic heterocycles. The number of fused-ring (bicyclic) bond motifs is 6. The first-order chi connectivity index (χ1) is 15.7. The molecule has 21 nitrogen and oxygen atoms in total. The second kappa shape index (κ2) is 15.0. The van der Waals surface area contributed by atoms with Gasteiger partial charge in [-0.05, 0) is 0 Å². The van der Waals surface area contributed by atoms with E-state index in [1.54, 1.807) is 0 Å². The standard InChI is InChI=1S/2AsH3.3B4O7/c;;3*5-1-7-3-9-2(6)10-4(8-1)11-3/h2*1H3;;;/q2*+3;3*-2. The van der Waals surface area contributed by atoms with Gasteiger partial charge in [-0.15, -0.1) is 0 Å². The van der Waals surface area contributed by atoms with Gasteiger partial charge in [-0.3, -0.25) is 0 Å². The van der Waals surface area contributed by atoms with Crippen LogP contribution in [0, 0.1) is 0 Å². The van der Waals surface area contributed by atoms with Gasteiger partial charge in [-0.25, -0.2) is 0 Å². The molecule has 6 bridgehead atoms. The maximum absolute atomic E-state index is 10.5. The zero-order valence-electron chi connectivity index (χ0n) is 16.9. The van der Waals surface area contributed by atoms with Gasteiger partial charge in [0.2, 0.25) is 0 Å². The van der Waals surface area contributed by atoms with Crippen LogP contribution in [0.4, 0.5) is 0 Å². The van der Waals surface area contributed by atoms with Crippen molar-refractivity contribution in [3.8, 4) is 0 Å². The minimum absolute atomic E-state index is 0. The first-order valence-corrected chi connectivity index (χ1v) is 8.49. The maximum atomic E-state index is 10.5. The van der Waals surface area contributed by atoms with Crippen LogP contribution in [-0.4, -0.2) is 124 Å². The maximum Gasteiger partial charge on any atom is 0.597 e. The Morgan fingerprint density at radius 1 is 0.229 bits per heavy atom. The summed E-state index contributed by atoms with van der Waals surface area (Å²) in [5, 5.41) is 62.9. The average Bonchev–Trinajstić information content (AvgIpc) is 2.65. The molecular formula is H6As2B12O21. The molecule has 6 aliphatic heterocycles. The molecule has 6 heterocycles. The minimum Gasteiger partial charge on any atom is -0.833 e. The van der Waals surface area contributed by atoms with Crippen LogP contribution in [0.3, 0.4) is 0 Å². The Morgan fingerprint density at radius 2 is 0.343 bits per heavy atom. The summed E-state index contributed by atoms with van der Waals surface area (Å²) in [6.45, 7) is 0. The van der Waals surface area contributed by atoms with E-state index in [2.05, 4.69) is 68.6 Å². The molecule has 0 spiro atoms. The second-order valence-electron chi connectivity index (χ2n) is 5.51. The summed E-state index contributed by atoms with van der Waals surface area (Å²) in [6, 6.07) is 0. The number of hydrogen-bond donors (Lipinski definition) is 0. The Hall–Kier alpha value is 1.06. The monoisotopic (exact) mass is 624 g/mol. The van der Waals surface area contributed by atoms with Crippen molar-refractivity contribution < 1.29 is 98.7 Å². The van der Waals surface area contributed by atoms with Crippen LogP contribution in [0.1, 0.15) is 0 Å². The van der Waals surface area contributed by atoms with Crippen molar-refractivity contribution in [3.05, 3.63) is 0 Å². The molecule has 0 aromatic rings. The molecule has 6 fully saturated rings. The summed E-state index contributed by atoms with van der Waals surface area (Å²) in [6.07, 6.45) is 0. The average molecular weight is 622 g/mol. The second-order valence-corrected chi connectivity index (χ2v) is 5.51. The number of hydrogen-bond acceptors (Lipinski definition) is 21. The van der Waals surface area contributed by atoms with Crippen LogP contribution in [0.2, 0.25) is 0 Å². The third kappa shape index (κ3) is 10.3. The Morgan fingerprint density at radius 3 is 0.457 bits per heavy atom. The van der Waals surface area contributed by atoms with E-state index in [1.165, 1.54) is 0 Å². The van der Waals surface area contributed by atoms with Gasteiger partial charge in [-0.2, -0.15) is 0 Å². The molecule has 0 aromatic carbocycles. The van der Waals surface area contributed by atoms with Crippen LogP contribution in [0.15, 0.2) is 0 Å². The molecule has 35 heteroatoms. The van der Waals surface area contributed by atoms with Gasteiger partial charge in [0.25, 0.3) is 0 Å². The van der Waals surface area contributed by atoms with Crippen LogP contribution in [0.5, 0.6) is 0 Å².